The van der Waals surface area contributed by atoms with E-state index in [0.717, 1.165) is 24.0 Å². The van der Waals surface area contributed by atoms with E-state index in [9.17, 15) is 13.5 Å². The van der Waals surface area contributed by atoms with Crippen LogP contribution in [0.15, 0.2) is 18.2 Å². The number of hydrogen-bond donors (Lipinski definition) is 1. The van der Waals surface area contributed by atoms with Crippen molar-refractivity contribution < 1.29 is 18.3 Å². The molecule has 1 atom stereocenters. The van der Waals surface area contributed by atoms with Crippen LogP contribution >= 0.6 is 0 Å². The van der Waals surface area contributed by atoms with Crippen LogP contribution in [0.5, 0.6) is 5.75 Å². The zero-order valence-corrected chi connectivity index (χ0v) is 13.4. The fourth-order valence-electron chi connectivity index (χ4n) is 2.40. The lowest BCUT2D eigenvalue weighted by Gasteiger charge is -2.29. The minimum atomic E-state index is -3.37. The van der Waals surface area contributed by atoms with Gasteiger partial charge in [-0.2, -0.15) is 0 Å². The first-order chi connectivity index (χ1) is 8.94. The number of ether oxygens (including phenoxy) is 1. The molecule has 0 amide bonds. The van der Waals surface area contributed by atoms with Crippen molar-refractivity contribution in [3.05, 3.63) is 29.3 Å². The fourth-order valence-corrected chi connectivity index (χ4v) is 2.95. The first-order valence-corrected chi connectivity index (χ1v) is 8.53. The van der Waals surface area contributed by atoms with E-state index in [1.165, 1.54) is 0 Å². The fraction of sp³-hybridized carbons (Fsp3) is 0.600. The summed E-state index contributed by atoms with van der Waals surface area (Å²) >= 11 is 0. The number of rotatable bonds is 3. The summed E-state index contributed by atoms with van der Waals surface area (Å²) in [6.45, 7) is 7.09. The van der Waals surface area contributed by atoms with Crippen molar-refractivity contribution in [1.29, 1.82) is 0 Å². The van der Waals surface area contributed by atoms with Crippen LogP contribution < -0.4 is 4.74 Å². The van der Waals surface area contributed by atoms with Gasteiger partial charge in [0.1, 0.15) is 11.4 Å². The van der Waals surface area contributed by atoms with Gasteiger partial charge in [0.25, 0.3) is 0 Å². The van der Waals surface area contributed by atoms with Crippen LogP contribution in [0.4, 0.5) is 0 Å². The number of sulfone groups is 1. The highest BCUT2D eigenvalue weighted by atomic mass is 32.2. The molecule has 1 aromatic rings. The summed E-state index contributed by atoms with van der Waals surface area (Å²) in [7, 11) is -3.37. The zero-order valence-electron chi connectivity index (χ0n) is 12.6. The van der Waals surface area contributed by atoms with Crippen molar-refractivity contribution in [3.63, 3.8) is 0 Å². The second-order valence-electron chi connectivity index (χ2n) is 6.68. The van der Waals surface area contributed by atoms with E-state index in [2.05, 4.69) is 0 Å². The Morgan fingerprint density at radius 3 is 2.50 bits per heavy atom. The third-order valence-corrected chi connectivity index (χ3v) is 6.15. The number of aliphatic hydroxyl groups is 1. The molecule has 0 spiro atoms. The van der Waals surface area contributed by atoms with Crippen LogP contribution in [0.3, 0.4) is 0 Å². The molecule has 4 nitrogen and oxygen atoms in total. The normalized spacial score (nSPS) is 19.3. The molecule has 0 saturated heterocycles. The Kier molecular flexibility index (Phi) is 3.42. The number of hydrogen-bond acceptors (Lipinski definition) is 4. The summed E-state index contributed by atoms with van der Waals surface area (Å²) in [5.41, 5.74) is 1.37. The molecule has 1 aliphatic rings. The van der Waals surface area contributed by atoms with E-state index in [1.807, 2.05) is 19.9 Å². The second kappa shape index (κ2) is 4.46. The lowest BCUT2D eigenvalue weighted by molar-refractivity contribution is 0.138. The third kappa shape index (κ3) is 2.56. The molecule has 1 heterocycles. The van der Waals surface area contributed by atoms with E-state index in [1.54, 1.807) is 26.0 Å². The molecule has 2 rings (SSSR count). The summed E-state index contributed by atoms with van der Waals surface area (Å²) in [4.78, 5) is 0. The van der Waals surface area contributed by atoms with Gasteiger partial charge < -0.3 is 9.84 Å². The molecule has 112 valence electrons. The molecule has 0 fully saturated rings. The molecule has 0 bridgehead atoms. The van der Waals surface area contributed by atoms with Crippen molar-refractivity contribution >= 4 is 9.84 Å². The summed E-state index contributed by atoms with van der Waals surface area (Å²) in [6, 6.07) is 5.39. The van der Waals surface area contributed by atoms with Crippen LogP contribution in [-0.4, -0.2) is 30.1 Å². The predicted molar refractivity (Wildman–Crippen MR) is 78.7 cm³/mol. The first kappa shape index (κ1) is 15.3. The van der Waals surface area contributed by atoms with E-state index in [4.69, 9.17) is 4.74 Å². The average molecular weight is 298 g/mol. The standard InChI is InChI=1S/C15H22O4S/c1-14(2)9-11-8-10(6-7-12(11)19-14)13(16)15(3,4)20(5,17)18/h6-8,13,16H,9H2,1-5H3. The number of aliphatic hydroxyl groups excluding tert-OH is 1. The summed E-state index contributed by atoms with van der Waals surface area (Å²) in [5.74, 6) is 0.808. The Labute approximate surface area is 120 Å². The van der Waals surface area contributed by atoms with Gasteiger partial charge >= 0.3 is 0 Å². The highest BCUT2D eigenvalue weighted by Gasteiger charge is 2.40. The number of fused-ring (bicyclic) bond motifs is 1. The van der Waals surface area contributed by atoms with Crippen molar-refractivity contribution in [2.45, 2.75) is 50.6 Å². The van der Waals surface area contributed by atoms with Crippen LogP contribution in [0.2, 0.25) is 0 Å². The Bertz CT molecular complexity index is 629. The molecule has 5 heteroatoms. The molecule has 0 radical (unpaired) electrons. The highest BCUT2D eigenvalue weighted by molar-refractivity contribution is 7.92. The van der Waals surface area contributed by atoms with Crippen LogP contribution in [0.1, 0.15) is 44.9 Å². The van der Waals surface area contributed by atoms with Gasteiger partial charge in [-0.05, 0) is 51.0 Å². The number of benzene rings is 1. The molecular weight excluding hydrogens is 276 g/mol. The van der Waals surface area contributed by atoms with Gasteiger partial charge in [-0.15, -0.1) is 0 Å². The van der Waals surface area contributed by atoms with Crippen LogP contribution in [0.25, 0.3) is 0 Å². The van der Waals surface area contributed by atoms with Gasteiger partial charge in [0.05, 0.1) is 10.9 Å². The maximum atomic E-state index is 11.8. The van der Waals surface area contributed by atoms with Crippen molar-refractivity contribution in [2.75, 3.05) is 6.26 Å². The van der Waals surface area contributed by atoms with Gasteiger partial charge in [-0.1, -0.05) is 6.07 Å². The van der Waals surface area contributed by atoms with Crippen molar-refractivity contribution in [3.8, 4) is 5.75 Å². The maximum Gasteiger partial charge on any atom is 0.155 e. The minimum absolute atomic E-state index is 0.252. The van der Waals surface area contributed by atoms with Gasteiger partial charge in [0, 0.05) is 12.7 Å². The van der Waals surface area contributed by atoms with E-state index < -0.39 is 20.7 Å². The van der Waals surface area contributed by atoms with Gasteiger partial charge in [-0.25, -0.2) is 8.42 Å². The Morgan fingerprint density at radius 1 is 1.35 bits per heavy atom. The van der Waals surface area contributed by atoms with Crippen LogP contribution in [-0.2, 0) is 16.3 Å². The van der Waals surface area contributed by atoms with Crippen molar-refractivity contribution in [2.24, 2.45) is 0 Å². The first-order valence-electron chi connectivity index (χ1n) is 6.63. The van der Waals surface area contributed by atoms with E-state index >= 15 is 0 Å². The third-order valence-electron chi connectivity index (χ3n) is 4.02. The van der Waals surface area contributed by atoms with Crippen LogP contribution in [0, 0.1) is 0 Å². The molecule has 1 N–H and O–H groups in total. The summed E-state index contributed by atoms with van der Waals surface area (Å²) in [5, 5.41) is 10.4. The van der Waals surface area contributed by atoms with Gasteiger partial charge in [-0.3, -0.25) is 0 Å². The maximum absolute atomic E-state index is 11.8. The average Bonchev–Trinajstić information content (AvgIpc) is 2.58. The summed E-state index contributed by atoms with van der Waals surface area (Å²) < 4.78 is 28.2. The molecule has 1 aliphatic heterocycles. The zero-order chi connectivity index (χ0) is 15.3. The molecule has 0 aromatic heterocycles. The Morgan fingerprint density at radius 2 is 1.95 bits per heavy atom. The second-order valence-corrected chi connectivity index (χ2v) is 9.28. The smallest absolute Gasteiger partial charge is 0.155 e. The lowest BCUT2D eigenvalue weighted by atomic mass is 9.94. The SMILES string of the molecule is CC1(C)Cc2cc(C(O)C(C)(C)S(C)(=O)=O)ccc2O1. The van der Waals surface area contributed by atoms with Crippen molar-refractivity contribution in [1.82, 2.24) is 0 Å². The quantitative estimate of drug-likeness (QED) is 0.929. The molecule has 0 saturated carbocycles. The largest absolute Gasteiger partial charge is 0.487 e. The Balaban J connectivity index is 2.38. The lowest BCUT2D eigenvalue weighted by Crippen LogP contribution is -2.37. The van der Waals surface area contributed by atoms with E-state index in [0.29, 0.717) is 5.56 Å². The summed E-state index contributed by atoms with van der Waals surface area (Å²) in [6.07, 6.45) is 0.837. The molecule has 0 aliphatic carbocycles. The monoisotopic (exact) mass is 298 g/mol. The van der Waals surface area contributed by atoms with Gasteiger partial charge in [0.2, 0.25) is 0 Å². The molecule has 20 heavy (non-hydrogen) atoms. The van der Waals surface area contributed by atoms with E-state index in [-0.39, 0.29) is 5.60 Å². The highest BCUT2D eigenvalue weighted by Crippen LogP contribution is 2.39. The minimum Gasteiger partial charge on any atom is -0.487 e. The topological polar surface area (TPSA) is 63.6 Å². The molecule has 1 unspecified atom stereocenters. The Hall–Kier alpha value is -1.07. The molecular formula is C15H22O4S. The molecule has 1 aromatic carbocycles. The predicted octanol–water partition coefficient (Wildman–Crippen LogP) is 2.26. The van der Waals surface area contributed by atoms with Gasteiger partial charge in [0.15, 0.2) is 9.84 Å².